The second-order valence-corrected chi connectivity index (χ2v) is 11.4. The maximum Gasteiger partial charge on any atom is 0.305 e. The van der Waals surface area contributed by atoms with Crippen LogP contribution in [0.15, 0.2) is 0 Å². The summed E-state index contributed by atoms with van der Waals surface area (Å²) in [6, 6.07) is 0. The lowest BCUT2D eigenvalue weighted by atomic mass is 9.44. The van der Waals surface area contributed by atoms with E-state index >= 15 is 0 Å². The SMILES string of the molecule is COC(=O)CC[C@@H](C)[C@H]1CC[C@@H]2[C@H]3CC[C@H]4C[C@H](O)CC[C@]4(C)[C@@H]3CC[C@]21C. The fraction of sp³-hybridized carbons (Fsp3) is 0.960. The predicted molar refractivity (Wildman–Crippen MR) is 112 cm³/mol. The molecule has 0 radical (unpaired) electrons. The van der Waals surface area contributed by atoms with E-state index in [9.17, 15) is 9.90 Å². The number of rotatable bonds is 4. The number of esters is 1. The van der Waals surface area contributed by atoms with Gasteiger partial charge in [0.05, 0.1) is 13.2 Å². The normalized spacial score (nSPS) is 48.9. The van der Waals surface area contributed by atoms with E-state index in [-0.39, 0.29) is 12.1 Å². The first-order chi connectivity index (χ1) is 13.3. The molecular formula is C25H42O3. The molecular weight excluding hydrogens is 348 g/mol. The third-order valence-electron chi connectivity index (χ3n) is 10.4. The Morgan fingerprint density at radius 3 is 2.50 bits per heavy atom. The van der Waals surface area contributed by atoms with E-state index in [0.29, 0.717) is 23.2 Å². The minimum absolute atomic E-state index is 0.0463. The zero-order chi connectivity index (χ0) is 20.1. The van der Waals surface area contributed by atoms with Gasteiger partial charge >= 0.3 is 5.97 Å². The summed E-state index contributed by atoms with van der Waals surface area (Å²) in [7, 11) is 1.50. The topological polar surface area (TPSA) is 46.5 Å². The molecule has 28 heavy (non-hydrogen) atoms. The van der Waals surface area contributed by atoms with Gasteiger partial charge in [0.25, 0.3) is 0 Å². The number of hydrogen-bond acceptors (Lipinski definition) is 3. The second-order valence-electron chi connectivity index (χ2n) is 11.4. The third kappa shape index (κ3) is 3.24. The van der Waals surface area contributed by atoms with Crippen molar-refractivity contribution in [1.29, 1.82) is 0 Å². The Hall–Kier alpha value is -0.570. The van der Waals surface area contributed by atoms with Crippen molar-refractivity contribution in [2.45, 2.75) is 97.5 Å². The molecule has 0 aromatic heterocycles. The average molecular weight is 391 g/mol. The van der Waals surface area contributed by atoms with Gasteiger partial charge in [0.15, 0.2) is 0 Å². The number of methoxy groups -OCH3 is 1. The molecule has 4 saturated carbocycles. The van der Waals surface area contributed by atoms with Crippen LogP contribution >= 0.6 is 0 Å². The molecule has 160 valence electrons. The molecule has 4 fully saturated rings. The molecule has 0 saturated heterocycles. The molecule has 1 N–H and O–H groups in total. The van der Waals surface area contributed by atoms with Gasteiger partial charge in [0.2, 0.25) is 0 Å². The monoisotopic (exact) mass is 390 g/mol. The third-order valence-corrected chi connectivity index (χ3v) is 10.4. The highest BCUT2D eigenvalue weighted by molar-refractivity contribution is 5.69. The molecule has 0 heterocycles. The fourth-order valence-electron chi connectivity index (χ4n) is 8.86. The molecule has 0 aliphatic heterocycles. The van der Waals surface area contributed by atoms with E-state index in [1.54, 1.807) is 0 Å². The van der Waals surface area contributed by atoms with Crippen molar-refractivity contribution in [3.63, 3.8) is 0 Å². The summed E-state index contributed by atoms with van der Waals surface area (Å²) in [6.07, 6.45) is 13.1. The Morgan fingerprint density at radius 1 is 1.04 bits per heavy atom. The highest BCUT2D eigenvalue weighted by atomic mass is 16.5. The number of carbonyl (C=O) groups is 1. The van der Waals surface area contributed by atoms with Gasteiger partial charge < -0.3 is 9.84 Å². The van der Waals surface area contributed by atoms with Crippen molar-refractivity contribution in [3.05, 3.63) is 0 Å². The van der Waals surface area contributed by atoms with Gasteiger partial charge in [-0.05, 0) is 111 Å². The molecule has 9 atom stereocenters. The fourth-order valence-corrected chi connectivity index (χ4v) is 8.86. The van der Waals surface area contributed by atoms with Crippen LogP contribution in [0.25, 0.3) is 0 Å². The second kappa shape index (κ2) is 7.60. The molecule has 3 nitrogen and oxygen atoms in total. The van der Waals surface area contributed by atoms with E-state index < -0.39 is 0 Å². The van der Waals surface area contributed by atoms with Gasteiger partial charge in [-0.3, -0.25) is 4.79 Å². The Morgan fingerprint density at radius 2 is 1.75 bits per heavy atom. The highest BCUT2D eigenvalue weighted by Gasteiger charge is 2.60. The summed E-state index contributed by atoms with van der Waals surface area (Å²) in [5.41, 5.74) is 0.937. The molecule has 3 heteroatoms. The number of hydrogen-bond donors (Lipinski definition) is 1. The number of carbonyl (C=O) groups excluding carboxylic acids is 1. The zero-order valence-corrected chi connectivity index (χ0v) is 18.6. The summed E-state index contributed by atoms with van der Waals surface area (Å²) in [5, 5.41) is 10.2. The molecule has 0 bridgehead atoms. The predicted octanol–water partition coefficient (Wildman–Crippen LogP) is 5.60. The molecule has 0 spiro atoms. The first-order valence-corrected chi connectivity index (χ1v) is 12.0. The summed E-state index contributed by atoms with van der Waals surface area (Å²) < 4.78 is 4.88. The average Bonchev–Trinajstić information content (AvgIpc) is 3.03. The quantitative estimate of drug-likeness (QED) is 0.636. The largest absolute Gasteiger partial charge is 0.469 e. The Bertz CT molecular complexity index is 588. The maximum atomic E-state index is 11.6. The van der Waals surface area contributed by atoms with Gasteiger partial charge in [-0.1, -0.05) is 20.8 Å². The van der Waals surface area contributed by atoms with Crippen LogP contribution in [-0.2, 0) is 9.53 Å². The summed E-state index contributed by atoms with van der Waals surface area (Å²) in [4.78, 5) is 11.6. The number of ether oxygens (including phenoxy) is 1. The minimum atomic E-state index is -0.0546. The maximum absolute atomic E-state index is 11.6. The van der Waals surface area contributed by atoms with Crippen LogP contribution in [0, 0.1) is 46.3 Å². The van der Waals surface area contributed by atoms with Crippen molar-refractivity contribution in [3.8, 4) is 0 Å². The van der Waals surface area contributed by atoms with Crippen LogP contribution in [0.5, 0.6) is 0 Å². The van der Waals surface area contributed by atoms with E-state index in [0.717, 1.165) is 48.9 Å². The van der Waals surface area contributed by atoms with Crippen molar-refractivity contribution >= 4 is 5.97 Å². The van der Waals surface area contributed by atoms with Crippen LogP contribution in [0.4, 0.5) is 0 Å². The first-order valence-electron chi connectivity index (χ1n) is 12.0. The van der Waals surface area contributed by atoms with E-state index in [1.165, 1.54) is 52.1 Å². The Balaban J connectivity index is 1.48. The summed E-state index contributed by atoms with van der Waals surface area (Å²) in [6.45, 7) is 7.56. The Kier molecular flexibility index (Phi) is 5.61. The van der Waals surface area contributed by atoms with Crippen LogP contribution in [0.3, 0.4) is 0 Å². The van der Waals surface area contributed by atoms with E-state index in [2.05, 4.69) is 20.8 Å². The number of aliphatic hydroxyl groups is 1. The molecule has 4 rings (SSSR count). The van der Waals surface area contributed by atoms with Crippen LogP contribution in [0.2, 0.25) is 0 Å². The van der Waals surface area contributed by atoms with Gasteiger partial charge in [0, 0.05) is 6.42 Å². The van der Waals surface area contributed by atoms with Crippen molar-refractivity contribution in [2.75, 3.05) is 7.11 Å². The first kappa shape index (κ1) is 20.7. The minimum Gasteiger partial charge on any atom is -0.469 e. The highest BCUT2D eigenvalue weighted by Crippen LogP contribution is 2.68. The zero-order valence-electron chi connectivity index (χ0n) is 18.6. The lowest BCUT2D eigenvalue weighted by Crippen LogP contribution is -2.54. The Labute approximate surface area is 172 Å². The van der Waals surface area contributed by atoms with E-state index in [1.807, 2.05) is 0 Å². The number of fused-ring (bicyclic) bond motifs is 5. The number of aliphatic hydroxyl groups excluding tert-OH is 1. The molecule has 0 aromatic rings. The summed E-state index contributed by atoms with van der Waals surface area (Å²) in [5.74, 6) is 4.72. The van der Waals surface area contributed by atoms with Crippen molar-refractivity contribution in [2.24, 2.45) is 46.3 Å². The van der Waals surface area contributed by atoms with Crippen LogP contribution in [0.1, 0.15) is 91.4 Å². The molecule has 4 aliphatic carbocycles. The molecule has 4 aliphatic rings. The summed E-state index contributed by atoms with van der Waals surface area (Å²) >= 11 is 0. The van der Waals surface area contributed by atoms with Gasteiger partial charge in [-0.2, -0.15) is 0 Å². The van der Waals surface area contributed by atoms with Gasteiger partial charge in [-0.25, -0.2) is 0 Å². The standard InChI is InChI=1S/C25H42O3/c1-16(5-10-23(27)28-4)20-8-9-21-19-7-6-17-15-18(26)11-13-24(17,2)22(19)12-14-25(20,21)3/h16-22,26H,5-15H2,1-4H3/t16-,17+,18-,19-,20-,21-,22-,24+,25+/m1/s1. The van der Waals surface area contributed by atoms with Crippen molar-refractivity contribution < 1.29 is 14.6 Å². The van der Waals surface area contributed by atoms with E-state index in [4.69, 9.17) is 4.74 Å². The smallest absolute Gasteiger partial charge is 0.305 e. The lowest BCUT2D eigenvalue weighted by Gasteiger charge is -2.61. The lowest BCUT2D eigenvalue weighted by molar-refractivity contribution is -0.141. The van der Waals surface area contributed by atoms with Gasteiger partial charge in [-0.15, -0.1) is 0 Å². The van der Waals surface area contributed by atoms with Crippen LogP contribution < -0.4 is 0 Å². The molecule has 0 unspecified atom stereocenters. The van der Waals surface area contributed by atoms with Crippen LogP contribution in [-0.4, -0.2) is 24.3 Å². The van der Waals surface area contributed by atoms with Crippen molar-refractivity contribution in [1.82, 2.24) is 0 Å². The molecule has 0 amide bonds. The molecule has 0 aromatic carbocycles. The van der Waals surface area contributed by atoms with Gasteiger partial charge in [0.1, 0.15) is 0 Å².